The first-order valence-electron chi connectivity index (χ1n) is 5.44. The van der Waals surface area contributed by atoms with Crippen molar-refractivity contribution in [1.29, 1.82) is 0 Å². The third kappa shape index (κ3) is 1.66. The lowest BCUT2D eigenvalue weighted by atomic mass is 9.71. The van der Waals surface area contributed by atoms with Crippen molar-refractivity contribution in [3.63, 3.8) is 0 Å². The van der Waals surface area contributed by atoms with Crippen molar-refractivity contribution in [3.05, 3.63) is 0 Å². The van der Waals surface area contributed by atoms with Crippen molar-refractivity contribution in [1.82, 2.24) is 4.90 Å². The van der Waals surface area contributed by atoms with Gasteiger partial charge in [0.15, 0.2) is 0 Å². The number of likely N-dealkylation sites (tertiary alicyclic amines) is 1. The molecule has 2 rings (SSSR count). The molecule has 0 N–H and O–H groups in total. The molecule has 1 heterocycles. The number of nitrogens with zero attached hydrogens (tertiary/aromatic N) is 1. The molecule has 70 valence electrons. The van der Waals surface area contributed by atoms with Gasteiger partial charge in [-0.1, -0.05) is 13.3 Å². The van der Waals surface area contributed by atoms with Gasteiger partial charge in [-0.15, -0.1) is 0 Å². The van der Waals surface area contributed by atoms with Crippen molar-refractivity contribution in [2.24, 2.45) is 17.8 Å². The highest BCUT2D eigenvalue weighted by molar-refractivity contribution is 4.84. The van der Waals surface area contributed by atoms with Gasteiger partial charge in [-0.2, -0.15) is 0 Å². The summed E-state index contributed by atoms with van der Waals surface area (Å²) < 4.78 is 0. The van der Waals surface area contributed by atoms with E-state index >= 15 is 0 Å². The number of piperidine rings is 1. The first-order valence-corrected chi connectivity index (χ1v) is 5.44. The van der Waals surface area contributed by atoms with Crippen LogP contribution in [-0.2, 0) is 0 Å². The van der Waals surface area contributed by atoms with Gasteiger partial charge in [0.25, 0.3) is 0 Å². The van der Waals surface area contributed by atoms with E-state index in [0.29, 0.717) is 0 Å². The summed E-state index contributed by atoms with van der Waals surface area (Å²) in [6.07, 6.45) is 5.95. The van der Waals surface area contributed by atoms with Crippen molar-refractivity contribution in [3.8, 4) is 0 Å². The van der Waals surface area contributed by atoms with Crippen molar-refractivity contribution >= 4 is 0 Å². The maximum absolute atomic E-state index is 2.51. The zero-order valence-electron chi connectivity index (χ0n) is 8.42. The minimum absolute atomic E-state index is 1.01. The molecular formula is C11H21N. The summed E-state index contributed by atoms with van der Waals surface area (Å²) in [6, 6.07) is 0. The van der Waals surface area contributed by atoms with E-state index in [2.05, 4.69) is 18.9 Å². The van der Waals surface area contributed by atoms with E-state index in [1.807, 2.05) is 0 Å². The smallest absolute Gasteiger partial charge is 0.000927 e. The van der Waals surface area contributed by atoms with Gasteiger partial charge in [-0.3, -0.25) is 0 Å². The van der Waals surface area contributed by atoms with E-state index in [1.165, 1.54) is 38.8 Å². The summed E-state index contributed by atoms with van der Waals surface area (Å²) in [6.45, 7) is 5.14. The predicted octanol–water partition coefficient (Wildman–Crippen LogP) is 2.37. The molecule has 0 amide bonds. The summed E-state index contributed by atoms with van der Waals surface area (Å²) in [5, 5.41) is 0. The quantitative estimate of drug-likeness (QED) is 0.535. The number of hydrogen-bond donors (Lipinski definition) is 0. The molecule has 1 aliphatic heterocycles. The molecule has 1 saturated carbocycles. The molecule has 2 aliphatic rings. The summed E-state index contributed by atoms with van der Waals surface area (Å²) in [7, 11) is 2.27. The van der Waals surface area contributed by atoms with Crippen LogP contribution in [0.5, 0.6) is 0 Å². The van der Waals surface area contributed by atoms with Crippen LogP contribution in [0.1, 0.15) is 32.6 Å². The molecule has 1 aliphatic carbocycles. The fourth-order valence-electron chi connectivity index (χ4n) is 3.03. The van der Waals surface area contributed by atoms with Crippen molar-refractivity contribution in [2.75, 3.05) is 20.1 Å². The van der Waals surface area contributed by atoms with E-state index in [4.69, 9.17) is 0 Å². The third-order valence-corrected chi connectivity index (χ3v) is 3.83. The molecule has 0 aromatic heterocycles. The molecule has 0 aromatic rings. The second-order valence-electron chi connectivity index (χ2n) is 4.99. The van der Waals surface area contributed by atoms with Gasteiger partial charge >= 0.3 is 0 Å². The van der Waals surface area contributed by atoms with Crippen molar-refractivity contribution < 1.29 is 0 Å². The Kier molecular flexibility index (Phi) is 2.40. The van der Waals surface area contributed by atoms with E-state index < -0.39 is 0 Å². The van der Waals surface area contributed by atoms with Crippen molar-refractivity contribution in [2.45, 2.75) is 32.6 Å². The average Bonchev–Trinajstić information content (AvgIpc) is 2.05. The fraction of sp³-hybridized carbons (Fsp3) is 1.00. The Morgan fingerprint density at radius 3 is 2.75 bits per heavy atom. The van der Waals surface area contributed by atoms with Gasteiger partial charge in [-0.25, -0.2) is 0 Å². The fourth-order valence-corrected chi connectivity index (χ4v) is 3.03. The average molecular weight is 167 g/mol. The van der Waals surface area contributed by atoms with Crippen LogP contribution in [-0.4, -0.2) is 25.0 Å². The van der Waals surface area contributed by atoms with Crippen LogP contribution < -0.4 is 0 Å². The first kappa shape index (κ1) is 8.55. The molecule has 12 heavy (non-hydrogen) atoms. The summed E-state index contributed by atoms with van der Waals surface area (Å²) >= 11 is 0. The van der Waals surface area contributed by atoms with E-state index in [9.17, 15) is 0 Å². The van der Waals surface area contributed by atoms with Gasteiger partial charge in [0.1, 0.15) is 0 Å². The molecule has 2 fully saturated rings. The molecule has 0 bridgehead atoms. The first-order chi connectivity index (χ1) is 5.75. The monoisotopic (exact) mass is 167 g/mol. The lowest BCUT2D eigenvalue weighted by Crippen LogP contribution is -2.40. The molecular weight excluding hydrogens is 146 g/mol. The molecule has 3 atom stereocenters. The Bertz CT molecular complexity index is 137. The van der Waals surface area contributed by atoms with Gasteiger partial charge in [0.05, 0.1) is 0 Å². The second-order valence-corrected chi connectivity index (χ2v) is 4.99. The number of fused-ring (bicyclic) bond motifs is 1. The Morgan fingerprint density at radius 1 is 1.08 bits per heavy atom. The summed E-state index contributed by atoms with van der Waals surface area (Å²) in [5.74, 6) is 3.12. The Balaban J connectivity index is 1.94. The minimum atomic E-state index is 1.01. The molecule has 0 spiro atoms. The summed E-state index contributed by atoms with van der Waals surface area (Å²) in [5.41, 5.74) is 0. The zero-order valence-corrected chi connectivity index (χ0v) is 8.42. The van der Waals surface area contributed by atoms with Crippen LogP contribution in [0, 0.1) is 17.8 Å². The molecule has 2 unspecified atom stereocenters. The normalized spacial score (nSPS) is 44.0. The van der Waals surface area contributed by atoms with Gasteiger partial charge in [0, 0.05) is 6.54 Å². The summed E-state index contributed by atoms with van der Waals surface area (Å²) in [4.78, 5) is 2.51. The Morgan fingerprint density at radius 2 is 1.92 bits per heavy atom. The lowest BCUT2D eigenvalue weighted by molar-refractivity contribution is 0.0842. The Hall–Kier alpha value is -0.0400. The largest absolute Gasteiger partial charge is 0.306 e. The SMILES string of the molecule is C[C@H]1CCC2CN(C)CCC2C1. The van der Waals surface area contributed by atoms with Gasteiger partial charge in [-0.05, 0) is 50.6 Å². The molecule has 1 saturated heterocycles. The minimum Gasteiger partial charge on any atom is -0.306 e. The van der Waals surface area contributed by atoms with E-state index in [-0.39, 0.29) is 0 Å². The highest BCUT2D eigenvalue weighted by Crippen LogP contribution is 2.38. The van der Waals surface area contributed by atoms with Crippen LogP contribution in [0.4, 0.5) is 0 Å². The standard InChI is InChI=1S/C11H21N/c1-9-3-4-11-8-12(2)6-5-10(11)7-9/h9-11H,3-8H2,1-2H3/t9-,10?,11?/m0/s1. The number of rotatable bonds is 0. The van der Waals surface area contributed by atoms with Crippen LogP contribution in [0.15, 0.2) is 0 Å². The lowest BCUT2D eigenvalue weighted by Gasteiger charge is -2.41. The molecule has 0 aromatic carbocycles. The number of hydrogen-bond acceptors (Lipinski definition) is 1. The van der Waals surface area contributed by atoms with Crippen LogP contribution >= 0.6 is 0 Å². The van der Waals surface area contributed by atoms with Crippen LogP contribution in [0.25, 0.3) is 0 Å². The maximum atomic E-state index is 2.51. The molecule has 1 heteroatoms. The topological polar surface area (TPSA) is 3.24 Å². The van der Waals surface area contributed by atoms with E-state index in [1.54, 1.807) is 0 Å². The Labute approximate surface area is 76.1 Å². The van der Waals surface area contributed by atoms with Crippen LogP contribution in [0.2, 0.25) is 0 Å². The zero-order chi connectivity index (χ0) is 8.55. The molecule has 0 radical (unpaired) electrons. The highest BCUT2D eigenvalue weighted by Gasteiger charge is 2.31. The third-order valence-electron chi connectivity index (χ3n) is 3.83. The van der Waals surface area contributed by atoms with E-state index in [0.717, 1.165) is 17.8 Å². The predicted molar refractivity (Wildman–Crippen MR) is 52.1 cm³/mol. The van der Waals surface area contributed by atoms with Gasteiger partial charge in [0.2, 0.25) is 0 Å². The highest BCUT2D eigenvalue weighted by atomic mass is 15.1. The second kappa shape index (κ2) is 3.37. The van der Waals surface area contributed by atoms with Crippen LogP contribution in [0.3, 0.4) is 0 Å². The van der Waals surface area contributed by atoms with Gasteiger partial charge < -0.3 is 4.90 Å². The maximum Gasteiger partial charge on any atom is 0.000927 e. The molecule has 1 nitrogen and oxygen atoms in total.